The summed E-state index contributed by atoms with van der Waals surface area (Å²) in [7, 11) is 0. The Labute approximate surface area is 102 Å². The summed E-state index contributed by atoms with van der Waals surface area (Å²) in [6.45, 7) is 1.84. The largest absolute Gasteiger partial charge is 0.323 e. The Morgan fingerprint density at radius 2 is 2.28 bits per heavy atom. The van der Waals surface area contributed by atoms with Crippen molar-refractivity contribution in [2.24, 2.45) is 0 Å². The number of hydrogen-bond donors (Lipinski definition) is 2. The highest BCUT2D eigenvalue weighted by Crippen LogP contribution is 2.10. The molecule has 0 aliphatic rings. The van der Waals surface area contributed by atoms with Gasteiger partial charge in [-0.25, -0.2) is 9.78 Å². The molecular formula is C12H10N4O2. The Bertz CT molecular complexity index is 691. The lowest BCUT2D eigenvalue weighted by Gasteiger charge is -2.00. The number of carbonyl (C=O) groups excluding carboxylic acids is 1. The summed E-state index contributed by atoms with van der Waals surface area (Å²) < 4.78 is 0. The van der Waals surface area contributed by atoms with E-state index in [0.717, 1.165) is 0 Å². The van der Waals surface area contributed by atoms with Crippen LogP contribution in [0.25, 0.3) is 0 Å². The molecule has 2 heterocycles. The summed E-state index contributed by atoms with van der Waals surface area (Å²) in [5.41, 5.74) is 0.867. The maximum absolute atomic E-state index is 12.2. The van der Waals surface area contributed by atoms with Crippen molar-refractivity contribution >= 4 is 5.78 Å². The highest BCUT2D eigenvalue weighted by atomic mass is 16.1. The Balaban J connectivity index is 2.48. The zero-order chi connectivity index (χ0) is 13.1. The number of aromatic amines is 2. The van der Waals surface area contributed by atoms with Gasteiger partial charge in [-0.2, -0.15) is 5.26 Å². The van der Waals surface area contributed by atoms with Crippen molar-refractivity contribution in [2.45, 2.75) is 13.3 Å². The van der Waals surface area contributed by atoms with Crippen LogP contribution >= 0.6 is 0 Å². The summed E-state index contributed by atoms with van der Waals surface area (Å²) in [6.07, 6.45) is 1.93. The predicted octanol–water partition coefficient (Wildman–Crippen LogP) is 0.763. The number of aromatic nitrogens is 3. The number of hydrogen-bond acceptors (Lipinski definition) is 4. The van der Waals surface area contributed by atoms with Crippen LogP contribution in [0.3, 0.4) is 0 Å². The van der Waals surface area contributed by atoms with Crippen LogP contribution in [0.15, 0.2) is 23.1 Å². The molecule has 0 bridgehead atoms. The molecule has 0 unspecified atom stereocenters. The molecule has 0 radical (unpaired) electrons. The smallest absolute Gasteiger partial charge is 0.309 e. The molecule has 6 nitrogen and oxygen atoms in total. The molecule has 2 aromatic rings. The molecule has 90 valence electrons. The van der Waals surface area contributed by atoms with Crippen LogP contribution in [0.1, 0.15) is 34.4 Å². The van der Waals surface area contributed by atoms with Crippen molar-refractivity contribution in [1.82, 2.24) is 15.0 Å². The van der Waals surface area contributed by atoms with E-state index in [0.29, 0.717) is 17.7 Å². The molecule has 0 saturated carbocycles. The van der Waals surface area contributed by atoms with Crippen LogP contribution in [-0.2, 0) is 6.42 Å². The third kappa shape index (κ3) is 2.06. The lowest BCUT2D eigenvalue weighted by Crippen LogP contribution is -2.07. The van der Waals surface area contributed by atoms with Gasteiger partial charge in [0.25, 0.3) is 0 Å². The first-order valence-corrected chi connectivity index (χ1v) is 5.37. The van der Waals surface area contributed by atoms with Crippen LogP contribution in [-0.4, -0.2) is 20.7 Å². The molecule has 2 aromatic heterocycles. The number of rotatable bonds is 3. The van der Waals surface area contributed by atoms with Gasteiger partial charge in [0.05, 0.1) is 0 Å². The number of ketones is 1. The third-order valence-electron chi connectivity index (χ3n) is 2.52. The third-order valence-corrected chi connectivity index (χ3v) is 2.52. The van der Waals surface area contributed by atoms with E-state index in [-0.39, 0.29) is 17.2 Å². The van der Waals surface area contributed by atoms with Gasteiger partial charge >= 0.3 is 5.69 Å². The quantitative estimate of drug-likeness (QED) is 0.775. The highest BCUT2D eigenvalue weighted by molar-refractivity contribution is 6.08. The number of aryl methyl sites for hydroxylation is 1. The van der Waals surface area contributed by atoms with E-state index in [2.05, 4.69) is 15.0 Å². The minimum atomic E-state index is -0.412. The van der Waals surface area contributed by atoms with Crippen LogP contribution in [0, 0.1) is 11.3 Å². The van der Waals surface area contributed by atoms with Gasteiger partial charge < -0.3 is 9.97 Å². The van der Waals surface area contributed by atoms with Crippen LogP contribution < -0.4 is 5.69 Å². The molecule has 0 aliphatic heterocycles. The van der Waals surface area contributed by atoms with E-state index < -0.39 is 5.69 Å². The maximum atomic E-state index is 12.2. The highest BCUT2D eigenvalue weighted by Gasteiger charge is 2.16. The lowest BCUT2D eigenvalue weighted by atomic mass is 10.1. The summed E-state index contributed by atoms with van der Waals surface area (Å²) >= 11 is 0. The van der Waals surface area contributed by atoms with Crippen LogP contribution in [0.5, 0.6) is 0 Å². The van der Waals surface area contributed by atoms with Gasteiger partial charge in [-0.1, -0.05) is 6.92 Å². The predicted molar refractivity (Wildman–Crippen MR) is 63.2 cm³/mol. The Morgan fingerprint density at radius 3 is 2.94 bits per heavy atom. The maximum Gasteiger partial charge on any atom is 0.323 e. The van der Waals surface area contributed by atoms with E-state index in [1.165, 1.54) is 18.3 Å². The molecule has 2 rings (SSSR count). The van der Waals surface area contributed by atoms with Crippen molar-refractivity contribution < 1.29 is 4.79 Å². The topological polar surface area (TPSA) is 102 Å². The number of imidazole rings is 1. The molecule has 0 aromatic carbocycles. The molecular weight excluding hydrogens is 232 g/mol. The van der Waals surface area contributed by atoms with Crippen molar-refractivity contribution in [2.75, 3.05) is 0 Å². The molecule has 0 amide bonds. The number of pyridine rings is 1. The normalized spacial score (nSPS) is 10.0. The van der Waals surface area contributed by atoms with Crippen molar-refractivity contribution in [3.8, 4) is 6.07 Å². The molecule has 0 atom stereocenters. The first-order valence-electron chi connectivity index (χ1n) is 5.37. The van der Waals surface area contributed by atoms with Gasteiger partial charge in [0, 0.05) is 17.5 Å². The Hall–Kier alpha value is -2.68. The summed E-state index contributed by atoms with van der Waals surface area (Å²) in [5, 5.41) is 8.73. The first kappa shape index (κ1) is 11.8. The van der Waals surface area contributed by atoms with Gasteiger partial charge in [-0.3, -0.25) is 4.79 Å². The average Bonchev–Trinajstić information content (AvgIpc) is 2.79. The zero-order valence-corrected chi connectivity index (χ0v) is 9.65. The standard InChI is InChI=1S/C12H10N4O2/c1-2-9-10(16-12(18)15-9)11(17)7-3-4-14-8(5-7)6-13/h3-5H,2H2,1H3,(H2,15,16,18). The molecule has 2 N–H and O–H groups in total. The van der Waals surface area contributed by atoms with Crippen molar-refractivity contribution in [1.29, 1.82) is 5.26 Å². The van der Waals surface area contributed by atoms with Gasteiger partial charge in [-0.15, -0.1) is 0 Å². The fourth-order valence-electron chi connectivity index (χ4n) is 1.66. The Morgan fingerprint density at radius 1 is 1.50 bits per heavy atom. The molecule has 18 heavy (non-hydrogen) atoms. The molecule has 0 spiro atoms. The number of nitriles is 1. The van der Waals surface area contributed by atoms with Crippen LogP contribution in [0.2, 0.25) is 0 Å². The number of carbonyl (C=O) groups is 1. The molecule has 6 heteroatoms. The van der Waals surface area contributed by atoms with Gasteiger partial charge in [0.15, 0.2) is 0 Å². The molecule has 0 saturated heterocycles. The molecule has 0 fully saturated rings. The minimum absolute atomic E-state index is 0.164. The second kappa shape index (κ2) is 4.67. The molecule has 0 aliphatic carbocycles. The van der Waals surface area contributed by atoms with E-state index >= 15 is 0 Å². The number of H-pyrrole nitrogens is 2. The number of nitrogens with one attached hydrogen (secondary N) is 2. The van der Waals surface area contributed by atoms with Gasteiger partial charge in [-0.05, 0) is 18.6 Å². The van der Waals surface area contributed by atoms with Gasteiger partial charge in [0.2, 0.25) is 5.78 Å². The lowest BCUT2D eigenvalue weighted by molar-refractivity contribution is 0.103. The zero-order valence-electron chi connectivity index (χ0n) is 9.65. The fraction of sp³-hybridized carbons (Fsp3) is 0.167. The average molecular weight is 242 g/mol. The van der Waals surface area contributed by atoms with E-state index in [9.17, 15) is 9.59 Å². The summed E-state index contributed by atoms with van der Waals surface area (Å²) in [5.74, 6) is -0.330. The first-order chi connectivity index (χ1) is 8.65. The van der Waals surface area contributed by atoms with E-state index in [4.69, 9.17) is 5.26 Å². The Kier molecular flexibility index (Phi) is 3.06. The van der Waals surface area contributed by atoms with Crippen molar-refractivity contribution in [3.05, 3.63) is 51.5 Å². The van der Waals surface area contributed by atoms with Crippen molar-refractivity contribution in [3.63, 3.8) is 0 Å². The fourth-order valence-corrected chi connectivity index (χ4v) is 1.66. The monoisotopic (exact) mass is 242 g/mol. The van der Waals surface area contributed by atoms with E-state index in [1.807, 2.05) is 13.0 Å². The second-order valence-corrected chi connectivity index (χ2v) is 3.66. The second-order valence-electron chi connectivity index (χ2n) is 3.66. The summed E-state index contributed by atoms with van der Waals surface area (Å²) in [6, 6.07) is 4.77. The van der Waals surface area contributed by atoms with E-state index in [1.54, 1.807) is 0 Å². The van der Waals surface area contributed by atoms with Crippen LogP contribution in [0.4, 0.5) is 0 Å². The number of nitrogens with zero attached hydrogens (tertiary/aromatic N) is 2. The summed E-state index contributed by atoms with van der Waals surface area (Å²) in [4.78, 5) is 32.2. The minimum Gasteiger partial charge on any atom is -0.309 e. The van der Waals surface area contributed by atoms with Gasteiger partial charge in [0.1, 0.15) is 17.5 Å². The SMILES string of the molecule is CCc1[nH]c(=O)[nH]c1C(=O)c1ccnc(C#N)c1.